The minimum Gasteiger partial charge on any atom is -0.394 e. The summed E-state index contributed by atoms with van der Waals surface area (Å²) in [7, 11) is 1.48. The van der Waals surface area contributed by atoms with E-state index in [1.54, 1.807) is 4.90 Å². The fourth-order valence-electron chi connectivity index (χ4n) is 2.79. The summed E-state index contributed by atoms with van der Waals surface area (Å²) in [5.41, 5.74) is 0. The van der Waals surface area contributed by atoms with E-state index in [4.69, 9.17) is 5.11 Å². The molecule has 4 unspecified atom stereocenters. The number of hydrogen-bond acceptors (Lipinski definition) is 7. The molecule has 1 aliphatic heterocycles. The molecule has 140 valence electrons. The molecule has 0 aliphatic carbocycles. The summed E-state index contributed by atoms with van der Waals surface area (Å²) in [5, 5.41) is 47.3. The molecule has 0 aromatic carbocycles. The van der Waals surface area contributed by atoms with Crippen molar-refractivity contribution >= 4 is 11.8 Å². The number of piperidine rings is 1. The van der Waals surface area contributed by atoms with Crippen molar-refractivity contribution in [3.63, 3.8) is 0 Å². The third kappa shape index (κ3) is 5.38. The zero-order valence-corrected chi connectivity index (χ0v) is 14.1. The Morgan fingerprint density at radius 3 is 2.04 bits per heavy atom. The molecular weight excluding hydrogens is 320 g/mol. The van der Waals surface area contributed by atoms with Crippen LogP contribution >= 0.6 is 0 Å². The van der Waals surface area contributed by atoms with Crippen LogP contribution in [0.2, 0.25) is 0 Å². The highest BCUT2D eigenvalue weighted by molar-refractivity contribution is 5.79. The lowest BCUT2D eigenvalue weighted by atomic mass is 9.95. The normalized spacial score (nSPS) is 21.0. The number of carbonyl (C=O) groups is 2. The van der Waals surface area contributed by atoms with E-state index in [0.717, 1.165) is 0 Å². The van der Waals surface area contributed by atoms with Gasteiger partial charge in [0, 0.05) is 39.5 Å². The third-order valence-electron chi connectivity index (χ3n) is 4.45. The molecule has 1 heterocycles. The van der Waals surface area contributed by atoms with Gasteiger partial charge < -0.3 is 35.3 Å². The number of nitrogens with zero attached hydrogens (tertiary/aromatic N) is 2. The van der Waals surface area contributed by atoms with Gasteiger partial charge in [0.15, 0.2) is 0 Å². The van der Waals surface area contributed by atoms with E-state index >= 15 is 0 Å². The summed E-state index contributed by atoms with van der Waals surface area (Å²) in [6.07, 6.45) is -5.38. The molecule has 5 N–H and O–H groups in total. The number of carbonyl (C=O) groups excluding carboxylic acids is 2. The van der Waals surface area contributed by atoms with Crippen LogP contribution in [0, 0.1) is 5.92 Å². The molecule has 2 amide bonds. The summed E-state index contributed by atoms with van der Waals surface area (Å²) >= 11 is 0. The highest BCUT2D eigenvalue weighted by Gasteiger charge is 2.33. The molecule has 0 saturated carbocycles. The van der Waals surface area contributed by atoms with Gasteiger partial charge >= 0.3 is 0 Å². The topological polar surface area (TPSA) is 142 Å². The predicted octanol–water partition coefficient (Wildman–Crippen LogP) is -2.86. The second kappa shape index (κ2) is 9.28. The van der Waals surface area contributed by atoms with Crippen LogP contribution in [0.5, 0.6) is 0 Å². The van der Waals surface area contributed by atoms with Crippen LogP contribution in [0.1, 0.15) is 19.8 Å². The van der Waals surface area contributed by atoms with Crippen molar-refractivity contribution in [2.75, 3.05) is 33.3 Å². The van der Waals surface area contributed by atoms with E-state index in [1.165, 1.54) is 18.9 Å². The molecule has 0 spiro atoms. The first-order chi connectivity index (χ1) is 11.2. The summed E-state index contributed by atoms with van der Waals surface area (Å²) in [5.74, 6) is -0.492. The smallest absolute Gasteiger partial charge is 0.225 e. The zero-order valence-electron chi connectivity index (χ0n) is 14.1. The quantitative estimate of drug-likeness (QED) is 0.333. The number of likely N-dealkylation sites (tertiary alicyclic amines) is 1. The van der Waals surface area contributed by atoms with Crippen LogP contribution in [-0.4, -0.2) is 105 Å². The van der Waals surface area contributed by atoms with Crippen LogP contribution in [0.15, 0.2) is 0 Å². The number of hydrogen-bond donors (Lipinski definition) is 5. The number of rotatable bonds is 7. The first-order valence-electron chi connectivity index (χ1n) is 8.02. The van der Waals surface area contributed by atoms with Crippen molar-refractivity contribution < 1.29 is 35.1 Å². The molecule has 1 aliphatic rings. The SMILES string of the molecule is CC(=O)N1CCC(C(=O)N(C)CC(O)C(O)C(O)C(O)CO)CC1. The van der Waals surface area contributed by atoms with Gasteiger partial charge in [-0.3, -0.25) is 9.59 Å². The van der Waals surface area contributed by atoms with Crippen LogP contribution in [0.25, 0.3) is 0 Å². The summed E-state index contributed by atoms with van der Waals surface area (Å²) < 4.78 is 0. The lowest BCUT2D eigenvalue weighted by Crippen LogP contribution is -2.51. The second-order valence-electron chi connectivity index (χ2n) is 6.30. The fraction of sp³-hybridized carbons (Fsp3) is 0.867. The predicted molar refractivity (Wildman–Crippen MR) is 83.7 cm³/mol. The summed E-state index contributed by atoms with van der Waals surface area (Å²) in [4.78, 5) is 26.6. The molecule has 1 rings (SSSR count). The Hall–Kier alpha value is -1.26. The van der Waals surface area contributed by atoms with Gasteiger partial charge in [-0.1, -0.05) is 0 Å². The highest BCUT2D eigenvalue weighted by atomic mass is 16.4. The Morgan fingerprint density at radius 1 is 1.08 bits per heavy atom. The van der Waals surface area contributed by atoms with Gasteiger partial charge in [0.2, 0.25) is 11.8 Å². The van der Waals surface area contributed by atoms with Crippen molar-refractivity contribution in [3.8, 4) is 0 Å². The maximum absolute atomic E-state index is 12.4. The fourth-order valence-corrected chi connectivity index (χ4v) is 2.79. The molecule has 9 heteroatoms. The van der Waals surface area contributed by atoms with Crippen LogP contribution in [-0.2, 0) is 9.59 Å². The Kier molecular flexibility index (Phi) is 8.04. The van der Waals surface area contributed by atoms with Gasteiger partial charge in [0.1, 0.15) is 24.4 Å². The van der Waals surface area contributed by atoms with Gasteiger partial charge in [-0.05, 0) is 12.8 Å². The summed E-state index contributed by atoms with van der Waals surface area (Å²) in [6.45, 7) is 1.52. The first-order valence-corrected chi connectivity index (χ1v) is 8.02. The average Bonchev–Trinajstić information content (AvgIpc) is 2.58. The van der Waals surface area contributed by atoms with E-state index < -0.39 is 31.0 Å². The van der Waals surface area contributed by atoms with E-state index in [-0.39, 0.29) is 24.3 Å². The summed E-state index contributed by atoms with van der Waals surface area (Å²) in [6, 6.07) is 0. The van der Waals surface area contributed by atoms with Crippen LogP contribution < -0.4 is 0 Å². The third-order valence-corrected chi connectivity index (χ3v) is 4.45. The maximum atomic E-state index is 12.4. The highest BCUT2D eigenvalue weighted by Crippen LogP contribution is 2.19. The van der Waals surface area contributed by atoms with Gasteiger partial charge in [0.25, 0.3) is 0 Å². The Morgan fingerprint density at radius 2 is 1.58 bits per heavy atom. The minimum absolute atomic E-state index is 0.0239. The van der Waals surface area contributed by atoms with E-state index in [2.05, 4.69) is 0 Å². The maximum Gasteiger partial charge on any atom is 0.225 e. The van der Waals surface area contributed by atoms with Crippen molar-refractivity contribution in [1.82, 2.24) is 9.80 Å². The van der Waals surface area contributed by atoms with Gasteiger partial charge in [0.05, 0.1) is 6.61 Å². The molecule has 0 aromatic rings. The van der Waals surface area contributed by atoms with E-state index in [0.29, 0.717) is 25.9 Å². The first kappa shape index (κ1) is 20.8. The van der Waals surface area contributed by atoms with Gasteiger partial charge in [-0.2, -0.15) is 0 Å². The van der Waals surface area contributed by atoms with Crippen molar-refractivity contribution in [3.05, 3.63) is 0 Å². The Bertz CT molecular complexity index is 426. The monoisotopic (exact) mass is 348 g/mol. The number of amides is 2. The molecule has 0 radical (unpaired) electrons. The number of likely N-dealkylation sites (N-methyl/N-ethyl adjacent to an activating group) is 1. The van der Waals surface area contributed by atoms with Crippen molar-refractivity contribution in [1.29, 1.82) is 0 Å². The van der Waals surface area contributed by atoms with Gasteiger partial charge in [-0.25, -0.2) is 0 Å². The average molecular weight is 348 g/mol. The Labute approximate surface area is 141 Å². The lowest BCUT2D eigenvalue weighted by Gasteiger charge is -2.34. The molecule has 9 nitrogen and oxygen atoms in total. The molecular formula is C15H28N2O7. The second-order valence-corrected chi connectivity index (χ2v) is 6.30. The standard InChI is InChI=1S/C15H28N2O7/c1-9(19)17-5-3-10(4-6-17)15(24)16(2)7-11(20)13(22)14(23)12(21)8-18/h10-14,18,20-23H,3-8H2,1-2H3. The van der Waals surface area contributed by atoms with E-state index in [1.807, 2.05) is 0 Å². The van der Waals surface area contributed by atoms with Crippen LogP contribution in [0.4, 0.5) is 0 Å². The zero-order chi connectivity index (χ0) is 18.4. The number of aliphatic hydroxyl groups is 5. The van der Waals surface area contributed by atoms with Crippen molar-refractivity contribution in [2.24, 2.45) is 5.92 Å². The molecule has 1 saturated heterocycles. The molecule has 4 atom stereocenters. The van der Waals surface area contributed by atoms with E-state index in [9.17, 15) is 30.0 Å². The molecule has 0 bridgehead atoms. The van der Waals surface area contributed by atoms with Crippen molar-refractivity contribution in [2.45, 2.75) is 44.2 Å². The van der Waals surface area contributed by atoms with Gasteiger partial charge in [-0.15, -0.1) is 0 Å². The molecule has 0 aromatic heterocycles. The van der Waals surface area contributed by atoms with Crippen LogP contribution in [0.3, 0.4) is 0 Å². The minimum atomic E-state index is -1.72. The molecule has 1 fully saturated rings. The largest absolute Gasteiger partial charge is 0.394 e. The number of aliphatic hydroxyl groups excluding tert-OH is 5. The lowest BCUT2D eigenvalue weighted by molar-refractivity contribution is -0.144. The Balaban J connectivity index is 2.50. The molecule has 24 heavy (non-hydrogen) atoms.